The van der Waals surface area contributed by atoms with E-state index in [0.717, 1.165) is 18.4 Å². The number of hydrogen-bond donors (Lipinski definition) is 2. The minimum atomic E-state index is -3.97. The molecule has 1 amide bonds. The van der Waals surface area contributed by atoms with E-state index in [1.54, 1.807) is 26.0 Å². The lowest BCUT2D eigenvalue weighted by atomic mass is 9.90. The zero-order valence-electron chi connectivity index (χ0n) is 23.1. The van der Waals surface area contributed by atoms with E-state index in [-0.39, 0.29) is 30.5 Å². The Hall–Kier alpha value is -3.15. The highest BCUT2D eigenvalue weighted by Gasteiger charge is 2.47. The van der Waals surface area contributed by atoms with Crippen LogP contribution in [0.1, 0.15) is 45.1 Å². The van der Waals surface area contributed by atoms with Crippen LogP contribution in [-0.2, 0) is 30.7 Å². The number of methoxy groups -OCH3 is 1. The van der Waals surface area contributed by atoms with E-state index in [1.165, 1.54) is 23.5 Å². The van der Waals surface area contributed by atoms with Crippen molar-refractivity contribution in [2.75, 3.05) is 20.3 Å². The number of amides is 1. The fourth-order valence-electron chi connectivity index (χ4n) is 5.21. The van der Waals surface area contributed by atoms with Crippen LogP contribution in [0, 0.1) is 5.41 Å². The van der Waals surface area contributed by atoms with E-state index in [4.69, 9.17) is 14.2 Å². The molecular weight excluding hydrogens is 536 g/mol. The molecule has 2 N–H and O–H groups in total. The number of rotatable bonds is 11. The Bertz CT molecular complexity index is 1260. The first-order valence-electron chi connectivity index (χ1n) is 13.5. The van der Waals surface area contributed by atoms with Gasteiger partial charge in [0.15, 0.2) is 0 Å². The largest absolute Gasteiger partial charge is 0.497 e. The quantitative estimate of drug-likeness (QED) is 0.391. The third kappa shape index (κ3) is 6.94. The summed E-state index contributed by atoms with van der Waals surface area (Å²) in [5, 5.41) is 14.2. The maximum atomic E-state index is 13.8. The fraction of sp³-hybridized carbons (Fsp3) is 0.517. The maximum Gasteiger partial charge on any atom is 0.408 e. The van der Waals surface area contributed by atoms with Gasteiger partial charge in [0.1, 0.15) is 12.4 Å². The smallest absolute Gasteiger partial charge is 0.408 e. The first kappa shape index (κ1) is 29.8. The van der Waals surface area contributed by atoms with Gasteiger partial charge < -0.3 is 24.6 Å². The summed E-state index contributed by atoms with van der Waals surface area (Å²) in [7, 11) is -2.46. The molecule has 2 aromatic carbocycles. The predicted molar refractivity (Wildman–Crippen MR) is 147 cm³/mol. The lowest BCUT2D eigenvalue weighted by Gasteiger charge is -2.33. The SMILES string of the molecule is COc1ccc(S(=O)(=O)N(C[C@H](O)[C@@H](Cc2ccccc2)NC(=O)OC2C(=O)OCC2(C)C)C2CCCC2)cc1. The van der Waals surface area contributed by atoms with Crippen molar-refractivity contribution in [2.45, 2.75) is 75.1 Å². The molecular formula is C29H38N2O8S. The van der Waals surface area contributed by atoms with E-state index in [2.05, 4.69) is 5.32 Å². The van der Waals surface area contributed by atoms with Gasteiger partial charge in [0.05, 0.1) is 24.2 Å². The average molecular weight is 575 g/mol. The van der Waals surface area contributed by atoms with Crippen LogP contribution in [-0.4, -0.2) is 74.4 Å². The maximum absolute atomic E-state index is 13.8. The molecule has 11 heteroatoms. The van der Waals surface area contributed by atoms with Gasteiger partial charge in [-0.1, -0.05) is 57.0 Å². The van der Waals surface area contributed by atoms with Gasteiger partial charge in [0.25, 0.3) is 0 Å². The van der Waals surface area contributed by atoms with Gasteiger partial charge in [-0.15, -0.1) is 0 Å². The first-order valence-corrected chi connectivity index (χ1v) is 15.0. The van der Waals surface area contributed by atoms with Crippen LogP contribution in [0.2, 0.25) is 0 Å². The Morgan fingerprint density at radius 1 is 1.12 bits per heavy atom. The number of alkyl carbamates (subject to hydrolysis) is 1. The van der Waals surface area contributed by atoms with Crippen molar-refractivity contribution in [1.82, 2.24) is 9.62 Å². The molecule has 1 aliphatic carbocycles. The number of cyclic esters (lactones) is 1. The van der Waals surface area contributed by atoms with E-state index >= 15 is 0 Å². The standard InChI is InChI=1S/C29H38N2O8S/c1-29(2)19-38-27(33)26(29)39-28(34)30-24(17-20-9-5-4-6-10-20)25(32)18-31(21-11-7-8-12-21)40(35,36)23-15-13-22(37-3)14-16-23/h4-6,9-10,13-16,21,24-26,32H,7-8,11-12,17-19H2,1-3H3,(H,30,34)/t24-,25+,26?/m1/s1. The third-order valence-electron chi connectivity index (χ3n) is 7.57. The van der Waals surface area contributed by atoms with Gasteiger partial charge in [-0.3, -0.25) is 0 Å². The third-order valence-corrected chi connectivity index (χ3v) is 9.50. The number of hydrogen-bond acceptors (Lipinski definition) is 8. The summed E-state index contributed by atoms with van der Waals surface area (Å²) in [5.41, 5.74) is 0.131. The molecule has 218 valence electrons. The summed E-state index contributed by atoms with van der Waals surface area (Å²) in [6.07, 6.45) is 0.109. The average Bonchev–Trinajstić information content (AvgIpc) is 3.56. The molecule has 1 aliphatic heterocycles. The van der Waals surface area contributed by atoms with Gasteiger partial charge in [-0.25, -0.2) is 18.0 Å². The summed E-state index contributed by atoms with van der Waals surface area (Å²) in [4.78, 5) is 25.2. The number of nitrogens with one attached hydrogen (secondary N) is 1. The number of aliphatic hydroxyl groups is 1. The molecule has 1 saturated carbocycles. The number of esters is 1. The van der Waals surface area contributed by atoms with Gasteiger partial charge in [-0.2, -0.15) is 4.31 Å². The second-order valence-corrected chi connectivity index (χ2v) is 13.0. The van der Waals surface area contributed by atoms with E-state index in [9.17, 15) is 23.1 Å². The Morgan fingerprint density at radius 3 is 2.35 bits per heavy atom. The van der Waals surface area contributed by atoms with Crippen LogP contribution in [0.5, 0.6) is 5.75 Å². The second-order valence-electron chi connectivity index (χ2n) is 11.1. The lowest BCUT2D eigenvalue weighted by Crippen LogP contribution is -2.53. The van der Waals surface area contributed by atoms with Gasteiger partial charge in [0.2, 0.25) is 16.1 Å². The van der Waals surface area contributed by atoms with Crippen molar-refractivity contribution in [1.29, 1.82) is 0 Å². The van der Waals surface area contributed by atoms with Crippen molar-refractivity contribution in [2.24, 2.45) is 5.41 Å². The highest BCUT2D eigenvalue weighted by Crippen LogP contribution is 2.32. The topological polar surface area (TPSA) is 131 Å². The fourth-order valence-corrected chi connectivity index (χ4v) is 6.91. The van der Waals surface area contributed by atoms with E-state index in [1.807, 2.05) is 30.3 Å². The Morgan fingerprint density at radius 2 is 1.77 bits per heavy atom. The molecule has 0 bridgehead atoms. The molecule has 1 saturated heterocycles. The number of carbonyl (C=O) groups excluding carboxylic acids is 2. The number of ether oxygens (including phenoxy) is 3. The number of aliphatic hydroxyl groups excluding tert-OH is 1. The normalized spacial score (nSPS) is 20.6. The van der Waals surface area contributed by atoms with Crippen LogP contribution in [0.15, 0.2) is 59.5 Å². The predicted octanol–water partition coefficient (Wildman–Crippen LogP) is 3.28. The van der Waals surface area contributed by atoms with E-state index < -0.39 is 45.8 Å². The summed E-state index contributed by atoms with van der Waals surface area (Å²) >= 11 is 0. The Kier molecular flexibility index (Phi) is 9.37. The minimum Gasteiger partial charge on any atom is -0.497 e. The molecule has 10 nitrogen and oxygen atoms in total. The summed E-state index contributed by atoms with van der Waals surface area (Å²) in [5.74, 6) is -0.0929. The molecule has 4 rings (SSSR count). The Labute approximate surface area is 235 Å². The summed E-state index contributed by atoms with van der Waals surface area (Å²) in [6, 6.07) is 14.2. The zero-order chi connectivity index (χ0) is 28.9. The molecule has 2 aliphatic rings. The lowest BCUT2D eigenvalue weighted by molar-refractivity contribution is -0.145. The van der Waals surface area contributed by atoms with Crippen LogP contribution < -0.4 is 10.1 Å². The molecule has 0 aromatic heterocycles. The molecule has 0 radical (unpaired) electrons. The summed E-state index contributed by atoms with van der Waals surface area (Å²) < 4.78 is 44.6. The number of nitrogens with zero attached hydrogens (tertiary/aromatic N) is 1. The van der Waals surface area contributed by atoms with Crippen molar-refractivity contribution in [3.05, 3.63) is 60.2 Å². The zero-order valence-corrected chi connectivity index (χ0v) is 23.9. The molecule has 3 atom stereocenters. The molecule has 2 fully saturated rings. The highest BCUT2D eigenvalue weighted by atomic mass is 32.2. The minimum absolute atomic E-state index is 0.0985. The van der Waals surface area contributed by atoms with Crippen LogP contribution >= 0.6 is 0 Å². The van der Waals surface area contributed by atoms with Gasteiger partial charge in [-0.05, 0) is 49.1 Å². The molecule has 0 spiro atoms. The van der Waals surface area contributed by atoms with Gasteiger partial charge in [0, 0.05) is 18.0 Å². The van der Waals surface area contributed by atoms with Crippen LogP contribution in [0.3, 0.4) is 0 Å². The summed E-state index contributed by atoms with van der Waals surface area (Å²) in [6.45, 7) is 3.42. The van der Waals surface area contributed by atoms with Crippen LogP contribution in [0.25, 0.3) is 0 Å². The van der Waals surface area contributed by atoms with Crippen molar-refractivity contribution >= 4 is 22.1 Å². The Balaban J connectivity index is 1.57. The first-order chi connectivity index (χ1) is 19.0. The number of sulfonamides is 1. The van der Waals surface area contributed by atoms with Crippen molar-refractivity contribution < 1.29 is 37.3 Å². The van der Waals surface area contributed by atoms with E-state index in [0.29, 0.717) is 18.6 Å². The van der Waals surface area contributed by atoms with Crippen molar-refractivity contribution in [3.8, 4) is 5.75 Å². The van der Waals surface area contributed by atoms with Crippen molar-refractivity contribution in [3.63, 3.8) is 0 Å². The number of benzene rings is 2. The molecule has 2 aromatic rings. The van der Waals surface area contributed by atoms with Gasteiger partial charge >= 0.3 is 12.1 Å². The molecule has 1 unspecified atom stereocenters. The monoisotopic (exact) mass is 574 g/mol. The van der Waals surface area contributed by atoms with Crippen LogP contribution in [0.4, 0.5) is 4.79 Å². The molecule has 1 heterocycles. The highest BCUT2D eigenvalue weighted by molar-refractivity contribution is 7.89. The molecule has 40 heavy (non-hydrogen) atoms. The second kappa shape index (κ2) is 12.6. The number of carbonyl (C=O) groups is 2.